The molecule has 0 radical (unpaired) electrons. The molecule has 0 amide bonds. The smallest absolute Gasteiger partial charge is 0.314 e. The van der Waals surface area contributed by atoms with Gasteiger partial charge in [0.2, 0.25) is 0 Å². The number of hydrogen-bond donors (Lipinski definition) is 1. The van der Waals surface area contributed by atoms with E-state index in [-0.39, 0.29) is 12.5 Å². The van der Waals surface area contributed by atoms with E-state index in [9.17, 15) is 13.2 Å². The van der Waals surface area contributed by atoms with Gasteiger partial charge < -0.3 is 5.32 Å². The van der Waals surface area contributed by atoms with Crippen molar-refractivity contribution < 1.29 is 13.2 Å². The van der Waals surface area contributed by atoms with E-state index in [1.54, 1.807) is 0 Å². The number of alkyl halides is 3. The van der Waals surface area contributed by atoms with Crippen molar-refractivity contribution >= 4 is 0 Å². The summed E-state index contributed by atoms with van der Waals surface area (Å²) in [6.07, 6.45) is 1.35. The van der Waals surface area contributed by atoms with E-state index >= 15 is 0 Å². The standard InChI is InChI=1S/C14H26F3N/c1-3-11-6-5-7-12(10-11)13(18-4-2)8-9-14(15,16)17/h11-13,18H,3-10H2,1-2H3. The monoisotopic (exact) mass is 265 g/mol. The highest BCUT2D eigenvalue weighted by Crippen LogP contribution is 2.35. The molecule has 1 aliphatic carbocycles. The number of nitrogens with one attached hydrogen (secondary N) is 1. The second-order valence-corrected chi connectivity index (χ2v) is 5.52. The first-order valence-corrected chi connectivity index (χ1v) is 7.26. The van der Waals surface area contributed by atoms with Crippen LogP contribution in [-0.2, 0) is 0 Å². The van der Waals surface area contributed by atoms with Crippen molar-refractivity contribution in [1.82, 2.24) is 5.32 Å². The Morgan fingerprint density at radius 3 is 2.50 bits per heavy atom. The molecule has 1 fully saturated rings. The minimum Gasteiger partial charge on any atom is -0.314 e. The fourth-order valence-corrected chi connectivity index (χ4v) is 3.15. The Kier molecular flexibility index (Phi) is 6.47. The fraction of sp³-hybridized carbons (Fsp3) is 1.00. The molecule has 18 heavy (non-hydrogen) atoms. The molecule has 0 aromatic carbocycles. The Balaban J connectivity index is 2.49. The first kappa shape index (κ1) is 15.8. The van der Waals surface area contributed by atoms with Gasteiger partial charge >= 0.3 is 6.18 Å². The lowest BCUT2D eigenvalue weighted by atomic mass is 9.76. The van der Waals surface area contributed by atoms with Gasteiger partial charge in [-0.25, -0.2) is 0 Å². The summed E-state index contributed by atoms with van der Waals surface area (Å²) in [5.41, 5.74) is 0. The zero-order valence-electron chi connectivity index (χ0n) is 11.5. The van der Waals surface area contributed by atoms with E-state index in [2.05, 4.69) is 12.2 Å². The van der Waals surface area contributed by atoms with Gasteiger partial charge in [-0.15, -0.1) is 0 Å². The summed E-state index contributed by atoms with van der Waals surface area (Å²) in [7, 11) is 0. The molecule has 1 rings (SSSR count). The molecule has 1 saturated carbocycles. The van der Waals surface area contributed by atoms with Crippen LogP contribution in [0.15, 0.2) is 0 Å². The molecule has 108 valence electrons. The second kappa shape index (κ2) is 7.37. The Hall–Kier alpha value is -0.250. The highest BCUT2D eigenvalue weighted by molar-refractivity contribution is 4.82. The average molecular weight is 265 g/mol. The maximum Gasteiger partial charge on any atom is 0.389 e. The zero-order chi connectivity index (χ0) is 13.6. The molecular formula is C14H26F3N. The minimum atomic E-state index is -4.02. The van der Waals surface area contributed by atoms with Gasteiger partial charge in [0.1, 0.15) is 0 Å². The van der Waals surface area contributed by atoms with Crippen LogP contribution < -0.4 is 5.32 Å². The van der Waals surface area contributed by atoms with E-state index in [0.29, 0.717) is 5.92 Å². The summed E-state index contributed by atoms with van der Waals surface area (Å²) in [5, 5.41) is 3.27. The molecule has 0 heterocycles. The molecule has 1 nitrogen and oxygen atoms in total. The maximum absolute atomic E-state index is 12.3. The van der Waals surface area contributed by atoms with Crippen molar-refractivity contribution in [1.29, 1.82) is 0 Å². The quantitative estimate of drug-likeness (QED) is 0.744. The van der Waals surface area contributed by atoms with Gasteiger partial charge in [-0.05, 0) is 37.6 Å². The number of hydrogen-bond acceptors (Lipinski definition) is 1. The first-order chi connectivity index (χ1) is 8.46. The van der Waals surface area contributed by atoms with Gasteiger partial charge in [0.25, 0.3) is 0 Å². The Morgan fingerprint density at radius 2 is 1.94 bits per heavy atom. The zero-order valence-corrected chi connectivity index (χ0v) is 11.5. The van der Waals surface area contributed by atoms with E-state index in [1.165, 1.54) is 12.8 Å². The molecule has 0 aliphatic heterocycles. The predicted molar refractivity (Wildman–Crippen MR) is 68.5 cm³/mol. The van der Waals surface area contributed by atoms with Gasteiger partial charge in [0.05, 0.1) is 0 Å². The first-order valence-electron chi connectivity index (χ1n) is 7.26. The molecule has 1 N–H and O–H groups in total. The molecule has 0 saturated heterocycles. The van der Waals surface area contributed by atoms with Crippen molar-refractivity contribution in [2.45, 2.75) is 71.0 Å². The van der Waals surface area contributed by atoms with Gasteiger partial charge in [-0.2, -0.15) is 13.2 Å². The Bertz CT molecular complexity index is 228. The third-order valence-corrected chi connectivity index (χ3v) is 4.17. The summed E-state index contributed by atoms with van der Waals surface area (Å²) in [5.74, 6) is 1.15. The lowest BCUT2D eigenvalue weighted by Crippen LogP contribution is -2.39. The summed E-state index contributed by atoms with van der Waals surface area (Å²) < 4.78 is 37.0. The summed E-state index contributed by atoms with van der Waals surface area (Å²) >= 11 is 0. The third-order valence-electron chi connectivity index (χ3n) is 4.17. The van der Waals surface area contributed by atoms with Gasteiger partial charge in [-0.3, -0.25) is 0 Å². The Labute approximate surface area is 109 Å². The average Bonchev–Trinajstić information content (AvgIpc) is 2.33. The third kappa shape index (κ3) is 5.59. The number of rotatable bonds is 6. The van der Waals surface area contributed by atoms with Gasteiger partial charge in [-0.1, -0.05) is 33.1 Å². The van der Waals surface area contributed by atoms with Crippen LogP contribution in [0, 0.1) is 11.8 Å². The van der Waals surface area contributed by atoms with Gasteiger partial charge in [0, 0.05) is 12.5 Å². The van der Waals surface area contributed by atoms with Crippen LogP contribution in [0.2, 0.25) is 0 Å². The van der Waals surface area contributed by atoms with E-state index in [4.69, 9.17) is 0 Å². The molecule has 0 spiro atoms. The highest BCUT2D eigenvalue weighted by atomic mass is 19.4. The SMILES string of the molecule is CCNC(CCC(F)(F)F)C1CCCC(CC)C1. The molecule has 0 aromatic rings. The molecule has 3 atom stereocenters. The largest absolute Gasteiger partial charge is 0.389 e. The Morgan fingerprint density at radius 1 is 1.22 bits per heavy atom. The van der Waals surface area contributed by atoms with Crippen LogP contribution >= 0.6 is 0 Å². The van der Waals surface area contributed by atoms with Crippen molar-refractivity contribution in [3.8, 4) is 0 Å². The van der Waals surface area contributed by atoms with Gasteiger partial charge in [0.15, 0.2) is 0 Å². The maximum atomic E-state index is 12.3. The lowest BCUT2D eigenvalue weighted by Gasteiger charge is -2.35. The van der Waals surface area contributed by atoms with Crippen LogP contribution in [-0.4, -0.2) is 18.8 Å². The van der Waals surface area contributed by atoms with Crippen LogP contribution in [0.4, 0.5) is 13.2 Å². The van der Waals surface area contributed by atoms with Crippen LogP contribution in [0.3, 0.4) is 0 Å². The van der Waals surface area contributed by atoms with Crippen molar-refractivity contribution in [2.24, 2.45) is 11.8 Å². The van der Waals surface area contributed by atoms with E-state index < -0.39 is 12.6 Å². The normalized spacial score (nSPS) is 27.2. The predicted octanol–water partition coefficient (Wildman–Crippen LogP) is 4.52. The second-order valence-electron chi connectivity index (χ2n) is 5.52. The number of halogens is 3. The molecular weight excluding hydrogens is 239 g/mol. The summed E-state index contributed by atoms with van der Waals surface area (Å²) in [6.45, 7) is 4.92. The van der Waals surface area contributed by atoms with E-state index in [0.717, 1.165) is 31.7 Å². The lowest BCUT2D eigenvalue weighted by molar-refractivity contribution is -0.137. The fourth-order valence-electron chi connectivity index (χ4n) is 3.15. The van der Waals surface area contributed by atoms with Crippen LogP contribution in [0.1, 0.15) is 58.8 Å². The molecule has 3 unspecified atom stereocenters. The van der Waals surface area contributed by atoms with E-state index in [1.807, 2.05) is 6.92 Å². The summed E-state index contributed by atoms with van der Waals surface area (Å²) in [4.78, 5) is 0. The molecule has 0 bridgehead atoms. The highest BCUT2D eigenvalue weighted by Gasteiger charge is 2.32. The molecule has 1 aliphatic rings. The minimum absolute atomic E-state index is 0.0472. The van der Waals surface area contributed by atoms with Crippen molar-refractivity contribution in [2.75, 3.05) is 6.54 Å². The molecule has 4 heteroatoms. The summed E-state index contributed by atoms with van der Waals surface area (Å²) in [6, 6.07) is 0.0472. The van der Waals surface area contributed by atoms with Crippen molar-refractivity contribution in [3.63, 3.8) is 0 Å². The van der Waals surface area contributed by atoms with Crippen LogP contribution in [0.5, 0.6) is 0 Å². The molecule has 0 aromatic heterocycles. The topological polar surface area (TPSA) is 12.0 Å². The van der Waals surface area contributed by atoms with Crippen molar-refractivity contribution in [3.05, 3.63) is 0 Å². The van der Waals surface area contributed by atoms with Crippen LogP contribution in [0.25, 0.3) is 0 Å².